The molecule has 0 nitrogen and oxygen atoms in total. The summed E-state index contributed by atoms with van der Waals surface area (Å²) in [7, 11) is -0.851. The first-order valence-electron chi connectivity index (χ1n) is 5.17. The van der Waals surface area contributed by atoms with E-state index in [4.69, 9.17) is 0 Å². The van der Waals surface area contributed by atoms with Gasteiger partial charge in [-0.1, -0.05) is 61.8 Å². The van der Waals surface area contributed by atoms with Gasteiger partial charge in [0.05, 0.1) is 8.07 Å². The second-order valence-electron chi connectivity index (χ2n) is 4.33. The molecule has 2 aliphatic rings. The molecule has 0 N–H and O–H groups in total. The molecule has 2 rings (SSSR count). The summed E-state index contributed by atoms with van der Waals surface area (Å²) in [4.78, 5) is 0. The van der Waals surface area contributed by atoms with E-state index in [2.05, 4.69) is 32.1 Å². The molecule has 0 saturated carbocycles. The van der Waals surface area contributed by atoms with Crippen molar-refractivity contribution in [2.24, 2.45) is 5.92 Å². The highest BCUT2D eigenvalue weighted by Crippen LogP contribution is 2.43. The highest BCUT2D eigenvalue weighted by Gasteiger charge is 2.40. The summed E-state index contributed by atoms with van der Waals surface area (Å²) in [6.45, 7) is 4.68. The standard InChI is InChI=1S/C11H18Si/c1-3-12(7-4-8-12)11-6-5-10(2)9-11/h5-6,9-10H,3-4,7-8H2,1-2H3. The molecule has 1 heterocycles. The Hall–Kier alpha value is -0.303. The Balaban J connectivity index is 2.18. The van der Waals surface area contributed by atoms with Gasteiger partial charge < -0.3 is 0 Å². The average Bonchev–Trinajstić information content (AvgIpc) is 2.35. The van der Waals surface area contributed by atoms with Crippen molar-refractivity contribution in [1.29, 1.82) is 0 Å². The lowest BCUT2D eigenvalue weighted by atomic mass is 10.2. The molecule has 0 amide bonds. The summed E-state index contributed by atoms with van der Waals surface area (Å²) in [6, 6.07) is 4.59. The van der Waals surface area contributed by atoms with Crippen molar-refractivity contribution in [2.75, 3.05) is 0 Å². The van der Waals surface area contributed by atoms with Crippen LogP contribution in [0.3, 0.4) is 0 Å². The maximum absolute atomic E-state index is 2.51. The average molecular weight is 178 g/mol. The largest absolute Gasteiger partial charge is 0.0860 e. The van der Waals surface area contributed by atoms with Crippen LogP contribution in [0.25, 0.3) is 0 Å². The predicted molar refractivity (Wildman–Crippen MR) is 56.9 cm³/mol. The molecule has 0 radical (unpaired) electrons. The predicted octanol–water partition coefficient (Wildman–Crippen LogP) is 3.53. The summed E-state index contributed by atoms with van der Waals surface area (Å²) >= 11 is 0. The summed E-state index contributed by atoms with van der Waals surface area (Å²) in [5.41, 5.74) is 0. The van der Waals surface area contributed by atoms with Crippen LogP contribution in [-0.2, 0) is 0 Å². The lowest BCUT2D eigenvalue weighted by molar-refractivity contribution is 0.885. The number of allylic oxidation sites excluding steroid dienone is 4. The molecular formula is C11H18Si. The first-order valence-corrected chi connectivity index (χ1v) is 7.79. The van der Waals surface area contributed by atoms with Crippen molar-refractivity contribution in [3.63, 3.8) is 0 Å². The quantitative estimate of drug-likeness (QED) is 0.567. The van der Waals surface area contributed by atoms with E-state index in [1.807, 2.05) is 0 Å². The third kappa shape index (κ3) is 1.11. The topological polar surface area (TPSA) is 0 Å². The van der Waals surface area contributed by atoms with Crippen LogP contribution in [0.15, 0.2) is 23.4 Å². The molecule has 66 valence electrons. The minimum absolute atomic E-state index is 0.719. The fourth-order valence-corrected chi connectivity index (χ4v) is 6.42. The number of hydrogen-bond acceptors (Lipinski definition) is 0. The SMILES string of the molecule is CC[Si]1(C2=CC(C)C=C2)CCC1. The van der Waals surface area contributed by atoms with E-state index >= 15 is 0 Å². The van der Waals surface area contributed by atoms with E-state index in [1.54, 1.807) is 17.3 Å². The Morgan fingerprint density at radius 1 is 1.50 bits per heavy atom. The zero-order chi connectivity index (χ0) is 8.60. The van der Waals surface area contributed by atoms with Gasteiger partial charge in [-0.3, -0.25) is 0 Å². The van der Waals surface area contributed by atoms with E-state index in [1.165, 1.54) is 12.5 Å². The third-order valence-electron chi connectivity index (χ3n) is 3.62. The normalized spacial score (nSPS) is 31.5. The molecule has 12 heavy (non-hydrogen) atoms. The molecule has 1 atom stereocenters. The zero-order valence-corrected chi connectivity index (χ0v) is 9.14. The monoisotopic (exact) mass is 178 g/mol. The van der Waals surface area contributed by atoms with Crippen LogP contribution in [-0.4, -0.2) is 8.07 Å². The van der Waals surface area contributed by atoms with Crippen LogP contribution in [0.2, 0.25) is 18.1 Å². The summed E-state index contributed by atoms with van der Waals surface area (Å²) in [5.74, 6) is 0.719. The lowest BCUT2D eigenvalue weighted by Gasteiger charge is -2.40. The summed E-state index contributed by atoms with van der Waals surface area (Å²) < 4.78 is 0. The first-order chi connectivity index (χ1) is 5.77. The minimum Gasteiger partial charge on any atom is -0.0786 e. The Labute approximate surface area is 76.4 Å². The highest BCUT2D eigenvalue weighted by molar-refractivity contribution is 6.89. The van der Waals surface area contributed by atoms with Crippen LogP contribution in [0, 0.1) is 5.92 Å². The molecule has 0 aromatic carbocycles. The molecule has 0 aromatic rings. The molecule has 1 aliphatic heterocycles. The van der Waals surface area contributed by atoms with Crippen molar-refractivity contribution in [3.05, 3.63) is 23.4 Å². The number of rotatable bonds is 2. The van der Waals surface area contributed by atoms with Gasteiger partial charge in [-0.15, -0.1) is 0 Å². The molecule has 1 saturated heterocycles. The van der Waals surface area contributed by atoms with E-state index < -0.39 is 8.07 Å². The maximum atomic E-state index is 2.51. The minimum atomic E-state index is -0.851. The van der Waals surface area contributed by atoms with Gasteiger partial charge in [-0.2, -0.15) is 0 Å². The van der Waals surface area contributed by atoms with E-state index in [0.717, 1.165) is 5.92 Å². The van der Waals surface area contributed by atoms with Crippen molar-refractivity contribution in [3.8, 4) is 0 Å². The maximum Gasteiger partial charge on any atom is 0.0860 e. The Morgan fingerprint density at radius 2 is 2.25 bits per heavy atom. The van der Waals surface area contributed by atoms with Gasteiger partial charge in [0.2, 0.25) is 0 Å². The van der Waals surface area contributed by atoms with Gasteiger partial charge in [-0.05, 0) is 5.92 Å². The second kappa shape index (κ2) is 2.88. The molecule has 1 unspecified atom stereocenters. The van der Waals surface area contributed by atoms with Crippen LogP contribution in [0.1, 0.15) is 20.3 Å². The molecule has 0 bridgehead atoms. The van der Waals surface area contributed by atoms with Gasteiger partial charge >= 0.3 is 0 Å². The summed E-state index contributed by atoms with van der Waals surface area (Å²) in [6.07, 6.45) is 8.78. The highest BCUT2D eigenvalue weighted by atomic mass is 28.3. The van der Waals surface area contributed by atoms with Crippen molar-refractivity contribution < 1.29 is 0 Å². The Kier molecular flexibility index (Phi) is 1.99. The van der Waals surface area contributed by atoms with Crippen molar-refractivity contribution in [2.45, 2.75) is 38.4 Å². The van der Waals surface area contributed by atoms with Crippen LogP contribution >= 0.6 is 0 Å². The Bertz CT molecular complexity index is 228. The summed E-state index contributed by atoms with van der Waals surface area (Å²) in [5, 5.41) is 1.77. The molecule has 0 aromatic heterocycles. The van der Waals surface area contributed by atoms with Crippen LogP contribution < -0.4 is 0 Å². The van der Waals surface area contributed by atoms with Crippen molar-refractivity contribution in [1.82, 2.24) is 0 Å². The number of hydrogen-bond donors (Lipinski definition) is 0. The Morgan fingerprint density at radius 3 is 2.58 bits per heavy atom. The molecular weight excluding hydrogens is 160 g/mol. The smallest absolute Gasteiger partial charge is 0.0786 e. The lowest BCUT2D eigenvalue weighted by Crippen LogP contribution is -2.42. The molecule has 1 aliphatic carbocycles. The van der Waals surface area contributed by atoms with Crippen LogP contribution in [0.4, 0.5) is 0 Å². The molecule has 1 heteroatoms. The van der Waals surface area contributed by atoms with Gasteiger partial charge in [0, 0.05) is 0 Å². The van der Waals surface area contributed by atoms with E-state index in [9.17, 15) is 0 Å². The second-order valence-corrected chi connectivity index (χ2v) is 9.17. The van der Waals surface area contributed by atoms with Gasteiger partial charge in [-0.25, -0.2) is 0 Å². The van der Waals surface area contributed by atoms with E-state index in [-0.39, 0.29) is 0 Å². The molecule has 1 fully saturated rings. The van der Waals surface area contributed by atoms with Gasteiger partial charge in [0.25, 0.3) is 0 Å². The molecule has 0 spiro atoms. The van der Waals surface area contributed by atoms with Gasteiger partial charge in [0.1, 0.15) is 0 Å². The third-order valence-corrected chi connectivity index (χ3v) is 9.15. The van der Waals surface area contributed by atoms with Crippen molar-refractivity contribution >= 4 is 8.07 Å². The van der Waals surface area contributed by atoms with Gasteiger partial charge in [0.15, 0.2) is 0 Å². The first kappa shape index (κ1) is 8.30. The van der Waals surface area contributed by atoms with Crippen LogP contribution in [0.5, 0.6) is 0 Å². The fourth-order valence-electron chi connectivity index (χ4n) is 2.45. The fraction of sp³-hybridized carbons (Fsp3) is 0.636. The zero-order valence-electron chi connectivity index (χ0n) is 8.14. The van der Waals surface area contributed by atoms with E-state index in [0.29, 0.717) is 0 Å².